The normalized spacial score (nSPS) is 11.0. The van der Waals surface area contributed by atoms with Crippen LogP contribution in [0.2, 0.25) is 0 Å². The molecule has 2 aromatic carbocycles. The molecule has 8 heteroatoms. The van der Waals surface area contributed by atoms with Crippen LogP contribution in [0.5, 0.6) is 5.75 Å². The van der Waals surface area contributed by atoms with Gasteiger partial charge in [-0.15, -0.1) is 0 Å². The molecule has 0 radical (unpaired) electrons. The van der Waals surface area contributed by atoms with Gasteiger partial charge in [0, 0.05) is 29.4 Å². The zero-order chi connectivity index (χ0) is 23.3. The number of nitrogens with zero attached hydrogens (tertiary/aromatic N) is 3. The number of fused-ring (bicyclic) bond motifs is 1. The van der Waals surface area contributed by atoms with Gasteiger partial charge < -0.3 is 20.8 Å². The monoisotopic (exact) mass is 454 g/mol. The van der Waals surface area contributed by atoms with E-state index in [1.807, 2.05) is 48.5 Å². The summed E-state index contributed by atoms with van der Waals surface area (Å²) in [6, 6.07) is 20.0. The van der Waals surface area contributed by atoms with E-state index in [2.05, 4.69) is 20.3 Å². The highest BCUT2D eigenvalue weighted by Gasteiger charge is 2.16. The Balaban J connectivity index is 1.51. The van der Waals surface area contributed by atoms with Crippen LogP contribution in [-0.4, -0.2) is 33.1 Å². The van der Waals surface area contributed by atoms with Crippen molar-refractivity contribution in [1.29, 1.82) is 0 Å². The lowest BCUT2D eigenvalue weighted by Crippen LogP contribution is -2.10. The van der Waals surface area contributed by atoms with E-state index in [1.54, 1.807) is 18.5 Å². The molecule has 5 aromatic rings. The van der Waals surface area contributed by atoms with Crippen LogP contribution in [0.15, 0.2) is 79.1 Å². The van der Waals surface area contributed by atoms with Crippen LogP contribution >= 0.6 is 0 Å². The van der Waals surface area contributed by atoms with Gasteiger partial charge in [0.15, 0.2) is 0 Å². The fourth-order valence-electron chi connectivity index (χ4n) is 3.71. The number of hydrogen-bond acceptors (Lipinski definition) is 6. The summed E-state index contributed by atoms with van der Waals surface area (Å²) in [4.78, 5) is 17.2. The molecule has 0 aliphatic heterocycles. The number of nitrogens with one attached hydrogen (secondary N) is 2. The van der Waals surface area contributed by atoms with Crippen molar-refractivity contribution in [2.75, 3.05) is 18.5 Å². The largest absolute Gasteiger partial charge is 0.491 e. The first-order chi connectivity index (χ1) is 16.7. The molecule has 0 atom stereocenters. The number of ether oxygens (including phenoxy) is 1. The fourth-order valence-corrected chi connectivity index (χ4v) is 3.71. The first kappa shape index (κ1) is 21.5. The van der Waals surface area contributed by atoms with Gasteiger partial charge in [0.25, 0.3) is 0 Å². The van der Waals surface area contributed by atoms with Gasteiger partial charge in [0.1, 0.15) is 24.0 Å². The van der Waals surface area contributed by atoms with Crippen LogP contribution < -0.4 is 15.8 Å². The van der Waals surface area contributed by atoms with Crippen LogP contribution in [0.4, 0.5) is 10.1 Å². The second kappa shape index (κ2) is 9.68. The van der Waals surface area contributed by atoms with Gasteiger partial charge in [-0.25, -0.2) is 9.37 Å². The second-order valence-corrected chi connectivity index (χ2v) is 7.70. The fraction of sp³-hybridized carbons (Fsp3) is 0.115. The summed E-state index contributed by atoms with van der Waals surface area (Å²) in [6.07, 6.45) is 3.44. The molecular formula is C26H23FN6O. The summed E-state index contributed by atoms with van der Waals surface area (Å²) in [5, 5.41) is 4.14. The van der Waals surface area contributed by atoms with Crippen molar-refractivity contribution >= 4 is 16.6 Å². The highest BCUT2D eigenvalue weighted by Crippen LogP contribution is 2.31. The van der Waals surface area contributed by atoms with Gasteiger partial charge in [0.05, 0.1) is 35.3 Å². The number of hydrogen-bond donors (Lipinski definition) is 3. The number of pyridine rings is 2. The van der Waals surface area contributed by atoms with Crippen LogP contribution in [0.1, 0.15) is 5.82 Å². The van der Waals surface area contributed by atoms with E-state index in [0.29, 0.717) is 37.0 Å². The first-order valence-corrected chi connectivity index (χ1v) is 10.9. The average Bonchev–Trinajstić information content (AvgIpc) is 3.31. The smallest absolute Gasteiger partial charge is 0.138 e. The Morgan fingerprint density at radius 3 is 2.76 bits per heavy atom. The van der Waals surface area contributed by atoms with Crippen molar-refractivity contribution in [3.05, 3.63) is 90.8 Å². The Morgan fingerprint density at radius 1 is 1.00 bits per heavy atom. The SMILES string of the molecule is NCCOc1cnc2ccc(-c3nc(CNc4cccc(F)c4)[nH]c3-c3ccccn3)cc2c1. The van der Waals surface area contributed by atoms with Gasteiger partial charge in [-0.3, -0.25) is 9.97 Å². The third-order valence-corrected chi connectivity index (χ3v) is 5.27. The molecule has 0 unspecified atom stereocenters. The highest BCUT2D eigenvalue weighted by molar-refractivity contribution is 5.87. The second-order valence-electron chi connectivity index (χ2n) is 7.70. The van der Waals surface area contributed by atoms with Crippen LogP contribution in [0.3, 0.4) is 0 Å². The summed E-state index contributed by atoms with van der Waals surface area (Å²) in [5.74, 6) is 1.08. The topological polar surface area (TPSA) is 102 Å². The number of aromatic nitrogens is 4. The lowest BCUT2D eigenvalue weighted by Gasteiger charge is -2.07. The van der Waals surface area contributed by atoms with Gasteiger partial charge in [-0.05, 0) is 48.5 Å². The van der Waals surface area contributed by atoms with Crippen molar-refractivity contribution < 1.29 is 9.13 Å². The van der Waals surface area contributed by atoms with Crippen molar-refractivity contribution in [2.24, 2.45) is 5.73 Å². The standard InChI is InChI=1S/C26H23FN6O/c27-19-4-3-5-20(14-19)30-16-24-32-25(26(33-24)23-6-1-2-10-29-23)17-7-8-22-18(12-17)13-21(15-31-22)34-11-9-28/h1-8,10,12-15,30H,9,11,16,28H2,(H,32,33). The zero-order valence-electron chi connectivity index (χ0n) is 18.3. The predicted octanol–water partition coefficient (Wildman–Crippen LogP) is 4.78. The zero-order valence-corrected chi connectivity index (χ0v) is 18.3. The van der Waals surface area contributed by atoms with E-state index in [-0.39, 0.29) is 5.82 Å². The minimum absolute atomic E-state index is 0.293. The highest BCUT2D eigenvalue weighted by atomic mass is 19.1. The minimum Gasteiger partial charge on any atom is -0.491 e. The molecule has 0 fully saturated rings. The molecule has 4 N–H and O–H groups in total. The molecule has 3 aromatic heterocycles. The van der Waals surface area contributed by atoms with E-state index < -0.39 is 0 Å². The molecular weight excluding hydrogens is 431 g/mol. The molecule has 0 aliphatic rings. The molecule has 0 saturated heterocycles. The molecule has 0 aliphatic carbocycles. The molecule has 0 saturated carbocycles. The van der Waals surface area contributed by atoms with Gasteiger partial charge in [-0.2, -0.15) is 0 Å². The molecule has 3 heterocycles. The molecule has 7 nitrogen and oxygen atoms in total. The van der Waals surface area contributed by atoms with Crippen molar-refractivity contribution in [3.8, 4) is 28.4 Å². The number of aromatic amines is 1. The lowest BCUT2D eigenvalue weighted by atomic mass is 10.1. The number of halogens is 1. The Morgan fingerprint density at radius 2 is 1.94 bits per heavy atom. The van der Waals surface area contributed by atoms with Crippen molar-refractivity contribution in [3.63, 3.8) is 0 Å². The third-order valence-electron chi connectivity index (χ3n) is 5.27. The van der Waals surface area contributed by atoms with Crippen molar-refractivity contribution in [1.82, 2.24) is 19.9 Å². The molecule has 5 rings (SSSR count). The van der Waals surface area contributed by atoms with Crippen LogP contribution in [0.25, 0.3) is 33.5 Å². The Labute approximate surface area is 195 Å². The quantitative estimate of drug-likeness (QED) is 0.312. The maximum Gasteiger partial charge on any atom is 0.138 e. The number of nitrogens with two attached hydrogens (primary N) is 1. The van der Waals surface area contributed by atoms with E-state index in [9.17, 15) is 4.39 Å². The third kappa shape index (κ3) is 4.72. The van der Waals surface area contributed by atoms with Gasteiger partial charge >= 0.3 is 0 Å². The Kier molecular flexibility index (Phi) is 6.13. The molecule has 0 amide bonds. The Hall–Kier alpha value is -4.30. The van der Waals surface area contributed by atoms with E-state index in [0.717, 1.165) is 33.5 Å². The maximum atomic E-state index is 13.5. The van der Waals surface area contributed by atoms with Gasteiger partial charge in [0.2, 0.25) is 0 Å². The number of imidazole rings is 1. The number of H-pyrrole nitrogens is 1. The summed E-state index contributed by atoms with van der Waals surface area (Å²) >= 11 is 0. The van der Waals surface area contributed by atoms with Crippen LogP contribution in [0, 0.1) is 5.82 Å². The van der Waals surface area contributed by atoms with E-state index >= 15 is 0 Å². The first-order valence-electron chi connectivity index (χ1n) is 10.9. The molecule has 0 bridgehead atoms. The molecule has 34 heavy (non-hydrogen) atoms. The lowest BCUT2D eigenvalue weighted by molar-refractivity contribution is 0.327. The molecule has 0 spiro atoms. The number of benzene rings is 2. The average molecular weight is 455 g/mol. The van der Waals surface area contributed by atoms with Gasteiger partial charge in [-0.1, -0.05) is 18.2 Å². The predicted molar refractivity (Wildman–Crippen MR) is 131 cm³/mol. The number of anilines is 1. The van der Waals surface area contributed by atoms with Crippen LogP contribution in [-0.2, 0) is 6.54 Å². The summed E-state index contributed by atoms with van der Waals surface area (Å²) in [6.45, 7) is 1.26. The summed E-state index contributed by atoms with van der Waals surface area (Å²) in [5.41, 5.74) is 10.3. The maximum absolute atomic E-state index is 13.5. The summed E-state index contributed by atoms with van der Waals surface area (Å²) in [7, 11) is 0. The minimum atomic E-state index is -0.293. The van der Waals surface area contributed by atoms with E-state index in [1.165, 1.54) is 12.1 Å². The van der Waals surface area contributed by atoms with E-state index in [4.69, 9.17) is 15.5 Å². The Bertz CT molecular complexity index is 1420. The number of rotatable bonds is 8. The van der Waals surface area contributed by atoms with Crippen molar-refractivity contribution in [2.45, 2.75) is 6.54 Å². The summed E-state index contributed by atoms with van der Waals surface area (Å²) < 4.78 is 19.2. The molecule has 170 valence electrons.